The number of carbonyl (C=O) groups is 1. The van der Waals surface area contributed by atoms with Crippen molar-refractivity contribution < 1.29 is 4.79 Å². The third-order valence-electron chi connectivity index (χ3n) is 2.67. The Morgan fingerprint density at radius 1 is 1.08 bits per heavy atom. The van der Waals surface area contributed by atoms with Crippen LogP contribution >= 0.6 is 0 Å². The number of ketones is 1. The second-order valence-corrected chi connectivity index (χ2v) is 4.51. The van der Waals surface area contributed by atoms with Crippen molar-refractivity contribution in [2.45, 2.75) is 66.2 Å². The standard InChI is InChI=1S/C12H24O/c1-5-7-9-11(13)12(3,4)10-8-6-2/h5-10H2,1-4H3. The van der Waals surface area contributed by atoms with Gasteiger partial charge in [-0.25, -0.2) is 0 Å². The molecule has 0 fully saturated rings. The normalized spacial score (nSPS) is 11.7. The van der Waals surface area contributed by atoms with Crippen LogP contribution in [0.3, 0.4) is 0 Å². The molecular formula is C12H24O. The highest BCUT2D eigenvalue weighted by molar-refractivity contribution is 5.83. The number of rotatable bonds is 7. The number of carbonyl (C=O) groups excluding carboxylic acids is 1. The van der Waals surface area contributed by atoms with Crippen molar-refractivity contribution in [1.82, 2.24) is 0 Å². The molecule has 13 heavy (non-hydrogen) atoms. The summed E-state index contributed by atoms with van der Waals surface area (Å²) in [5, 5.41) is 0. The first-order valence-electron chi connectivity index (χ1n) is 5.58. The van der Waals surface area contributed by atoms with E-state index in [0.29, 0.717) is 5.78 Å². The summed E-state index contributed by atoms with van der Waals surface area (Å²) in [7, 11) is 0. The van der Waals surface area contributed by atoms with Gasteiger partial charge in [0.2, 0.25) is 0 Å². The van der Waals surface area contributed by atoms with E-state index in [-0.39, 0.29) is 5.41 Å². The lowest BCUT2D eigenvalue weighted by atomic mass is 9.81. The largest absolute Gasteiger partial charge is 0.299 e. The monoisotopic (exact) mass is 184 g/mol. The van der Waals surface area contributed by atoms with E-state index in [2.05, 4.69) is 27.7 Å². The van der Waals surface area contributed by atoms with Crippen molar-refractivity contribution in [3.8, 4) is 0 Å². The maximum absolute atomic E-state index is 11.7. The molecule has 0 unspecified atom stereocenters. The lowest BCUT2D eigenvalue weighted by Gasteiger charge is -2.22. The molecule has 0 aliphatic heterocycles. The zero-order chi connectivity index (χ0) is 10.3. The van der Waals surface area contributed by atoms with E-state index < -0.39 is 0 Å². The molecule has 0 rings (SSSR count). The number of hydrogen-bond acceptors (Lipinski definition) is 1. The summed E-state index contributed by atoms with van der Waals surface area (Å²) < 4.78 is 0. The Kier molecular flexibility index (Phi) is 6.02. The van der Waals surface area contributed by atoms with E-state index >= 15 is 0 Å². The van der Waals surface area contributed by atoms with Gasteiger partial charge in [0.1, 0.15) is 5.78 Å². The van der Waals surface area contributed by atoms with Crippen LogP contribution in [0.1, 0.15) is 66.2 Å². The molecule has 1 heteroatoms. The molecule has 0 heterocycles. The zero-order valence-electron chi connectivity index (χ0n) is 9.65. The van der Waals surface area contributed by atoms with Crippen LogP contribution < -0.4 is 0 Å². The van der Waals surface area contributed by atoms with E-state index in [1.165, 1.54) is 12.8 Å². The van der Waals surface area contributed by atoms with E-state index in [4.69, 9.17) is 0 Å². The smallest absolute Gasteiger partial charge is 0.138 e. The number of hydrogen-bond donors (Lipinski definition) is 0. The van der Waals surface area contributed by atoms with Gasteiger partial charge in [0.15, 0.2) is 0 Å². The van der Waals surface area contributed by atoms with Crippen molar-refractivity contribution >= 4 is 5.78 Å². The molecule has 0 saturated heterocycles. The highest BCUT2D eigenvalue weighted by atomic mass is 16.1. The highest BCUT2D eigenvalue weighted by Crippen LogP contribution is 2.26. The topological polar surface area (TPSA) is 17.1 Å². The van der Waals surface area contributed by atoms with Gasteiger partial charge in [0.25, 0.3) is 0 Å². The third-order valence-corrected chi connectivity index (χ3v) is 2.67. The summed E-state index contributed by atoms with van der Waals surface area (Å²) in [6, 6.07) is 0. The molecule has 0 saturated carbocycles. The molecular weight excluding hydrogens is 160 g/mol. The number of unbranched alkanes of at least 4 members (excludes halogenated alkanes) is 2. The van der Waals surface area contributed by atoms with E-state index in [1.54, 1.807) is 0 Å². The van der Waals surface area contributed by atoms with Crippen LogP contribution in [0.15, 0.2) is 0 Å². The van der Waals surface area contributed by atoms with Crippen molar-refractivity contribution in [2.75, 3.05) is 0 Å². The van der Waals surface area contributed by atoms with Gasteiger partial charge >= 0.3 is 0 Å². The maximum atomic E-state index is 11.7. The van der Waals surface area contributed by atoms with Gasteiger partial charge in [-0.15, -0.1) is 0 Å². The molecule has 0 radical (unpaired) electrons. The van der Waals surface area contributed by atoms with Crippen molar-refractivity contribution in [2.24, 2.45) is 5.41 Å². The molecule has 0 atom stereocenters. The third kappa shape index (κ3) is 5.07. The molecule has 0 aromatic rings. The fourth-order valence-corrected chi connectivity index (χ4v) is 1.43. The molecule has 1 nitrogen and oxygen atoms in total. The number of Topliss-reactive ketones (excluding diaryl/α,β-unsaturated/α-hetero) is 1. The summed E-state index contributed by atoms with van der Waals surface area (Å²) in [6.45, 7) is 8.47. The quantitative estimate of drug-likeness (QED) is 0.585. The molecule has 0 aliphatic carbocycles. The van der Waals surface area contributed by atoms with Gasteiger partial charge in [-0.3, -0.25) is 4.79 Å². The van der Waals surface area contributed by atoms with E-state index in [1.807, 2.05) is 0 Å². The summed E-state index contributed by atoms with van der Waals surface area (Å²) >= 11 is 0. The van der Waals surface area contributed by atoms with Gasteiger partial charge in [-0.1, -0.05) is 47.0 Å². The van der Waals surface area contributed by atoms with E-state index in [0.717, 1.165) is 25.7 Å². The van der Waals surface area contributed by atoms with Crippen LogP contribution in [0.4, 0.5) is 0 Å². The predicted octanol–water partition coefficient (Wildman–Crippen LogP) is 3.96. The molecule has 0 aromatic heterocycles. The molecule has 0 spiro atoms. The summed E-state index contributed by atoms with van der Waals surface area (Å²) in [6.07, 6.45) is 6.35. The van der Waals surface area contributed by atoms with Crippen LogP contribution in [0.2, 0.25) is 0 Å². The maximum Gasteiger partial charge on any atom is 0.138 e. The fraction of sp³-hybridized carbons (Fsp3) is 0.917. The summed E-state index contributed by atoms with van der Waals surface area (Å²) in [5.74, 6) is 0.447. The Hall–Kier alpha value is -0.330. The predicted molar refractivity (Wildman–Crippen MR) is 57.8 cm³/mol. The van der Waals surface area contributed by atoms with E-state index in [9.17, 15) is 4.79 Å². The molecule has 78 valence electrons. The van der Waals surface area contributed by atoms with Gasteiger partial charge in [-0.05, 0) is 12.8 Å². The Morgan fingerprint density at radius 2 is 1.62 bits per heavy atom. The minimum Gasteiger partial charge on any atom is -0.299 e. The first kappa shape index (κ1) is 12.7. The zero-order valence-corrected chi connectivity index (χ0v) is 9.65. The van der Waals surface area contributed by atoms with Gasteiger partial charge in [-0.2, -0.15) is 0 Å². The van der Waals surface area contributed by atoms with Crippen molar-refractivity contribution in [3.05, 3.63) is 0 Å². The minimum atomic E-state index is -0.0782. The second kappa shape index (κ2) is 6.17. The van der Waals surface area contributed by atoms with Crippen LogP contribution in [0.25, 0.3) is 0 Å². The van der Waals surface area contributed by atoms with Crippen LogP contribution in [0.5, 0.6) is 0 Å². The average Bonchev–Trinajstić information content (AvgIpc) is 2.10. The lowest BCUT2D eigenvalue weighted by Crippen LogP contribution is -2.23. The van der Waals surface area contributed by atoms with Gasteiger partial charge < -0.3 is 0 Å². The second-order valence-electron chi connectivity index (χ2n) is 4.51. The molecule has 0 N–H and O–H groups in total. The Morgan fingerprint density at radius 3 is 2.08 bits per heavy atom. The van der Waals surface area contributed by atoms with Crippen molar-refractivity contribution in [3.63, 3.8) is 0 Å². The molecule has 0 aliphatic rings. The fourth-order valence-electron chi connectivity index (χ4n) is 1.43. The summed E-state index contributed by atoms with van der Waals surface area (Å²) in [5.41, 5.74) is -0.0782. The van der Waals surface area contributed by atoms with Crippen LogP contribution in [-0.2, 0) is 4.79 Å². The summed E-state index contributed by atoms with van der Waals surface area (Å²) in [4.78, 5) is 11.7. The van der Waals surface area contributed by atoms with Gasteiger partial charge in [0.05, 0.1) is 0 Å². The highest BCUT2D eigenvalue weighted by Gasteiger charge is 2.25. The first-order valence-corrected chi connectivity index (χ1v) is 5.58. The minimum absolute atomic E-state index is 0.0782. The van der Waals surface area contributed by atoms with Gasteiger partial charge in [0, 0.05) is 11.8 Å². The van der Waals surface area contributed by atoms with Crippen molar-refractivity contribution in [1.29, 1.82) is 0 Å². The Balaban J connectivity index is 3.87. The van der Waals surface area contributed by atoms with Crippen LogP contribution in [0, 0.1) is 5.41 Å². The molecule has 0 bridgehead atoms. The molecule has 0 amide bonds. The SMILES string of the molecule is CCCCC(=O)C(C)(C)CCCC. The Labute approximate surface area is 82.9 Å². The Bertz CT molecular complexity index is 147. The average molecular weight is 184 g/mol. The first-order chi connectivity index (χ1) is 6.04. The lowest BCUT2D eigenvalue weighted by molar-refractivity contribution is -0.127. The van der Waals surface area contributed by atoms with Crippen LogP contribution in [-0.4, -0.2) is 5.78 Å². The molecule has 0 aromatic carbocycles.